The number of ether oxygens (including phenoxy) is 2. The predicted molar refractivity (Wildman–Crippen MR) is 129 cm³/mol. The summed E-state index contributed by atoms with van der Waals surface area (Å²) in [4.78, 5) is 39.0. The summed E-state index contributed by atoms with van der Waals surface area (Å²) in [5.74, 6) is -0.940. The van der Waals surface area contributed by atoms with Crippen molar-refractivity contribution in [3.63, 3.8) is 0 Å². The van der Waals surface area contributed by atoms with E-state index in [0.717, 1.165) is 22.3 Å². The first-order valence-corrected chi connectivity index (χ1v) is 12.1. The van der Waals surface area contributed by atoms with Gasteiger partial charge in [0.25, 0.3) is 5.91 Å². The molecule has 0 bridgehead atoms. The number of nitrogens with zero attached hydrogens (tertiary/aromatic N) is 1. The molecule has 2 unspecified atom stereocenters. The van der Waals surface area contributed by atoms with Gasteiger partial charge in [0.15, 0.2) is 0 Å². The first-order chi connectivity index (χ1) is 16.3. The number of carbonyl (C=O) groups is 3. The SMILES string of the molecule is COCC(C)(NC(=O)OCC1c2ccccc2-c2ccccc21)C(=O)N1CCSC(C(=O)O)C1. The van der Waals surface area contributed by atoms with Gasteiger partial charge >= 0.3 is 12.1 Å². The molecule has 0 radical (unpaired) electrons. The van der Waals surface area contributed by atoms with Crippen LogP contribution < -0.4 is 5.32 Å². The molecule has 2 atom stereocenters. The van der Waals surface area contributed by atoms with Gasteiger partial charge < -0.3 is 24.8 Å². The highest BCUT2D eigenvalue weighted by atomic mass is 32.2. The fourth-order valence-corrected chi connectivity index (χ4v) is 5.67. The summed E-state index contributed by atoms with van der Waals surface area (Å²) in [6.45, 7) is 2.09. The highest BCUT2D eigenvalue weighted by molar-refractivity contribution is 8.00. The molecule has 1 aliphatic heterocycles. The second-order valence-electron chi connectivity index (χ2n) is 8.66. The van der Waals surface area contributed by atoms with Crippen molar-refractivity contribution in [2.75, 3.05) is 39.2 Å². The van der Waals surface area contributed by atoms with Gasteiger partial charge in [0.05, 0.1) is 6.61 Å². The predicted octanol–water partition coefficient (Wildman–Crippen LogP) is 2.96. The Kier molecular flexibility index (Phi) is 7.13. The van der Waals surface area contributed by atoms with Crippen molar-refractivity contribution in [2.45, 2.75) is 23.6 Å². The van der Waals surface area contributed by atoms with Crippen LogP contribution in [0.4, 0.5) is 4.79 Å². The normalized spacial score (nSPS) is 19.0. The van der Waals surface area contributed by atoms with Gasteiger partial charge in [0, 0.05) is 31.9 Å². The van der Waals surface area contributed by atoms with Gasteiger partial charge in [-0.25, -0.2) is 4.79 Å². The monoisotopic (exact) mass is 484 g/mol. The summed E-state index contributed by atoms with van der Waals surface area (Å²) >= 11 is 1.30. The molecule has 0 aromatic heterocycles. The Balaban J connectivity index is 1.44. The van der Waals surface area contributed by atoms with Gasteiger partial charge in [-0.3, -0.25) is 9.59 Å². The first-order valence-electron chi connectivity index (χ1n) is 11.1. The Morgan fingerprint density at radius 1 is 1.12 bits per heavy atom. The third-order valence-corrected chi connectivity index (χ3v) is 7.43. The number of alkyl carbamates (subject to hydrolysis) is 1. The number of carboxylic acids is 1. The molecule has 4 rings (SSSR count). The van der Waals surface area contributed by atoms with Crippen LogP contribution in [0.2, 0.25) is 0 Å². The molecule has 9 heteroatoms. The number of benzene rings is 2. The van der Waals surface area contributed by atoms with Crippen LogP contribution in [0.15, 0.2) is 48.5 Å². The van der Waals surface area contributed by atoms with E-state index >= 15 is 0 Å². The fourth-order valence-electron chi connectivity index (χ4n) is 4.63. The number of amides is 2. The first kappa shape index (κ1) is 24.1. The van der Waals surface area contributed by atoms with Crippen molar-refractivity contribution in [1.29, 1.82) is 0 Å². The molecule has 8 nitrogen and oxygen atoms in total. The Morgan fingerprint density at radius 2 is 1.74 bits per heavy atom. The maximum absolute atomic E-state index is 13.3. The number of aliphatic carboxylic acids is 1. The number of hydrogen-bond donors (Lipinski definition) is 2. The smallest absolute Gasteiger partial charge is 0.408 e. The fraction of sp³-hybridized carbons (Fsp3) is 0.400. The molecule has 2 N–H and O–H groups in total. The van der Waals surface area contributed by atoms with Crippen molar-refractivity contribution in [1.82, 2.24) is 10.2 Å². The van der Waals surface area contributed by atoms with Crippen molar-refractivity contribution in [3.8, 4) is 11.1 Å². The number of rotatable bonds is 7. The molecule has 1 fully saturated rings. The quantitative estimate of drug-likeness (QED) is 0.623. The molecule has 1 aliphatic carbocycles. The summed E-state index contributed by atoms with van der Waals surface area (Å²) in [6.07, 6.45) is -0.726. The third-order valence-electron chi connectivity index (χ3n) is 6.26. The Morgan fingerprint density at radius 3 is 2.32 bits per heavy atom. The Bertz CT molecular complexity index is 1050. The molecule has 34 heavy (non-hydrogen) atoms. The average Bonchev–Trinajstić information content (AvgIpc) is 3.16. The molecule has 0 saturated carbocycles. The number of nitrogens with one attached hydrogen (secondary N) is 1. The van der Waals surface area contributed by atoms with Gasteiger partial charge in [-0.1, -0.05) is 48.5 Å². The van der Waals surface area contributed by atoms with Gasteiger partial charge in [-0.15, -0.1) is 11.8 Å². The van der Waals surface area contributed by atoms with E-state index in [-0.39, 0.29) is 25.7 Å². The third kappa shape index (κ3) is 4.76. The minimum atomic E-state index is -1.39. The summed E-state index contributed by atoms with van der Waals surface area (Å²) in [6, 6.07) is 16.1. The number of fused-ring (bicyclic) bond motifs is 3. The molecule has 0 spiro atoms. The van der Waals surface area contributed by atoms with Crippen LogP contribution in [0.1, 0.15) is 24.0 Å². The van der Waals surface area contributed by atoms with Crippen LogP contribution in [-0.2, 0) is 19.1 Å². The number of hydrogen-bond acceptors (Lipinski definition) is 6. The zero-order valence-electron chi connectivity index (χ0n) is 19.2. The maximum atomic E-state index is 13.3. The van der Waals surface area contributed by atoms with E-state index in [1.165, 1.54) is 23.8 Å². The van der Waals surface area contributed by atoms with Crippen molar-refractivity contribution in [2.24, 2.45) is 0 Å². The zero-order valence-corrected chi connectivity index (χ0v) is 20.0. The Hall–Kier alpha value is -3.04. The second kappa shape index (κ2) is 10.1. The minimum absolute atomic E-state index is 0.0720. The lowest BCUT2D eigenvalue weighted by atomic mass is 9.98. The zero-order chi connectivity index (χ0) is 24.3. The van der Waals surface area contributed by atoms with Gasteiger partial charge in [0.1, 0.15) is 17.4 Å². The number of carbonyl (C=O) groups excluding carboxylic acids is 2. The van der Waals surface area contributed by atoms with E-state index in [0.29, 0.717) is 12.3 Å². The lowest BCUT2D eigenvalue weighted by Crippen LogP contribution is -2.62. The van der Waals surface area contributed by atoms with Crippen LogP contribution in [0.5, 0.6) is 0 Å². The van der Waals surface area contributed by atoms with Gasteiger partial charge in [-0.2, -0.15) is 0 Å². The molecule has 2 aromatic rings. The van der Waals surface area contributed by atoms with E-state index in [1.807, 2.05) is 36.4 Å². The topological polar surface area (TPSA) is 105 Å². The highest BCUT2D eigenvalue weighted by Crippen LogP contribution is 2.44. The standard InChI is InChI=1S/C25H28N2O6S/c1-25(15-32-2,23(30)27-11-12-34-21(13-27)22(28)29)26-24(31)33-14-20-18-9-5-3-7-16(18)17-8-4-6-10-19(17)20/h3-10,20-21H,11-15H2,1-2H3,(H,26,31)(H,28,29). The van der Waals surface area contributed by atoms with E-state index in [2.05, 4.69) is 17.4 Å². The van der Waals surface area contributed by atoms with E-state index in [1.54, 1.807) is 6.92 Å². The largest absolute Gasteiger partial charge is 0.480 e. The molecule has 1 saturated heterocycles. The molecule has 2 amide bonds. The highest BCUT2D eigenvalue weighted by Gasteiger charge is 2.41. The summed E-state index contributed by atoms with van der Waals surface area (Å²) in [5.41, 5.74) is 3.06. The van der Waals surface area contributed by atoms with Gasteiger partial charge in [0.2, 0.25) is 0 Å². The lowest BCUT2D eigenvalue weighted by Gasteiger charge is -2.37. The van der Waals surface area contributed by atoms with Gasteiger partial charge in [-0.05, 0) is 29.2 Å². The van der Waals surface area contributed by atoms with Crippen molar-refractivity contribution in [3.05, 3.63) is 59.7 Å². The maximum Gasteiger partial charge on any atom is 0.408 e. The molecule has 180 valence electrons. The molecule has 2 aliphatic rings. The van der Waals surface area contributed by atoms with Crippen molar-refractivity contribution < 1.29 is 29.0 Å². The van der Waals surface area contributed by atoms with E-state index < -0.39 is 28.8 Å². The lowest BCUT2D eigenvalue weighted by molar-refractivity contribution is -0.141. The van der Waals surface area contributed by atoms with Crippen LogP contribution >= 0.6 is 11.8 Å². The molecule has 1 heterocycles. The number of thioether (sulfide) groups is 1. The molecule has 2 aromatic carbocycles. The summed E-state index contributed by atoms with van der Waals surface area (Å²) in [7, 11) is 1.44. The number of carboxylic acid groups (broad SMARTS) is 1. The average molecular weight is 485 g/mol. The van der Waals surface area contributed by atoms with Crippen molar-refractivity contribution >= 4 is 29.7 Å². The van der Waals surface area contributed by atoms with Crippen LogP contribution in [-0.4, -0.2) is 77.9 Å². The minimum Gasteiger partial charge on any atom is -0.480 e. The van der Waals surface area contributed by atoms with Crippen LogP contribution in [0.25, 0.3) is 11.1 Å². The Labute approximate surface area is 202 Å². The molecular formula is C25H28N2O6S. The van der Waals surface area contributed by atoms with E-state index in [4.69, 9.17) is 9.47 Å². The van der Waals surface area contributed by atoms with E-state index in [9.17, 15) is 19.5 Å². The van der Waals surface area contributed by atoms with Crippen LogP contribution in [0.3, 0.4) is 0 Å². The van der Waals surface area contributed by atoms with Crippen LogP contribution in [0, 0.1) is 0 Å². The number of methoxy groups -OCH3 is 1. The molecular weight excluding hydrogens is 456 g/mol. The summed E-state index contributed by atoms with van der Waals surface area (Å²) in [5, 5.41) is 11.3. The summed E-state index contributed by atoms with van der Waals surface area (Å²) < 4.78 is 10.8. The second-order valence-corrected chi connectivity index (χ2v) is 9.98.